The summed E-state index contributed by atoms with van der Waals surface area (Å²) in [6.45, 7) is 14.1. The van der Waals surface area contributed by atoms with Crippen molar-refractivity contribution >= 4 is 0 Å². The first-order chi connectivity index (χ1) is 9.45. The Kier molecular flexibility index (Phi) is 8.08. The van der Waals surface area contributed by atoms with Crippen LogP contribution in [-0.2, 0) is 4.74 Å². The smallest absolute Gasteiger partial charge is 0.0596 e. The predicted molar refractivity (Wildman–Crippen MR) is 87.1 cm³/mol. The molecule has 1 N–H and O–H groups in total. The number of hydrogen-bond donors (Lipinski definition) is 1. The Labute approximate surface area is 126 Å². The molecular formula is C17H36N2O. The van der Waals surface area contributed by atoms with Crippen molar-refractivity contribution in [3.05, 3.63) is 0 Å². The Morgan fingerprint density at radius 2 is 1.90 bits per heavy atom. The van der Waals surface area contributed by atoms with Gasteiger partial charge in [0.05, 0.1) is 12.7 Å². The first-order valence-corrected chi connectivity index (χ1v) is 8.50. The summed E-state index contributed by atoms with van der Waals surface area (Å²) in [4.78, 5) is 2.52. The average Bonchev–Trinajstić information content (AvgIpc) is 2.38. The molecule has 0 amide bonds. The van der Waals surface area contributed by atoms with Gasteiger partial charge >= 0.3 is 0 Å². The van der Waals surface area contributed by atoms with Crippen molar-refractivity contribution in [2.24, 2.45) is 11.8 Å². The molecule has 0 radical (unpaired) electrons. The predicted octanol–water partition coefficient (Wildman–Crippen LogP) is 3.15. The van der Waals surface area contributed by atoms with Gasteiger partial charge in [-0.2, -0.15) is 0 Å². The van der Waals surface area contributed by atoms with Crippen LogP contribution < -0.4 is 5.32 Å². The van der Waals surface area contributed by atoms with E-state index in [1.54, 1.807) is 0 Å². The molecule has 0 saturated heterocycles. The van der Waals surface area contributed by atoms with E-state index in [1.165, 1.54) is 19.3 Å². The van der Waals surface area contributed by atoms with Crippen LogP contribution in [0.5, 0.6) is 0 Å². The Morgan fingerprint density at radius 1 is 1.20 bits per heavy atom. The Bertz CT molecular complexity index is 255. The van der Waals surface area contributed by atoms with Gasteiger partial charge in [0.15, 0.2) is 0 Å². The van der Waals surface area contributed by atoms with Crippen LogP contribution in [0.1, 0.15) is 53.9 Å². The summed E-state index contributed by atoms with van der Waals surface area (Å²) in [6, 6.07) is 1.31. The molecule has 120 valence electrons. The zero-order chi connectivity index (χ0) is 15.1. The van der Waals surface area contributed by atoms with Crippen LogP contribution in [0.15, 0.2) is 0 Å². The second-order valence-electron chi connectivity index (χ2n) is 6.95. The van der Waals surface area contributed by atoms with Crippen molar-refractivity contribution in [3.63, 3.8) is 0 Å². The molecule has 0 aromatic heterocycles. The molecule has 1 saturated carbocycles. The highest BCUT2D eigenvalue weighted by atomic mass is 16.5. The van der Waals surface area contributed by atoms with Gasteiger partial charge in [0, 0.05) is 18.6 Å². The van der Waals surface area contributed by atoms with E-state index in [-0.39, 0.29) is 0 Å². The molecule has 0 aromatic rings. The van der Waals surface area contributed by atoms with Gasteiger partial charge in [-0.15, -0.1) is 0 Å². The lowest BCUT2D eigenvalue weighted by molar-refractivity contribution is 0.0374. The van der Waals surface area contributed by atoms with Gasteiger partial charge in [0.25, 0.3) is 0 Å². The molecular weight excluding hydrogens is 248 g/mol. The van der Waals surface area contributed by atoms with E-state index in [0.29, 0.717) is 18.2 Å². The number of hydrogen-bond acceptors (Lipinski definition) is 3. The zero-order valence-electron chi connectivity index (χ0n) is 14.5. The van der Waals surface area contributed by atoms with Crippen LogP contribution in [0.25, 0.3) is 0 Å². The van der Waals surface area contributed by atoms with Gasteiger partial charge in [-0.25, -0.2) is 0 Å². The van der Waals surface area contributed by atoms with E-state index < -0.39 is 0 Å². The van der Waals surface area contributed by atoms with Gasteiger partial charge in [-0.3, -0.25) is 4.90 Å². The minimum Gasteiger partial charge on any atom is -0.377 e. The molecule has 0 spiro atoms. The maximum absolute atomic E-state index is 5.71. The third-order valence-corrected chi connectivity index (χ3v) is 4.73. The molecule has 3 heteroatoms. The third kappa shape index (κ3) is 5.71. The highest BCUT2D eigenvalue weighted by Gasteiger charge is 2.33. The fourth-order valence-corrected chi connectivity index (χ4v) is 3.37. The second-order valence-corrected chi connectivity index (χ2v) is 6.95. The maximum atomic E-state index is 5.71. The largest absolute Gasteiger partial charge is 0.377 e. The summed E-state index contributed by atoms with van der Waals surface area (Å²) in [5.41, 5.74) is 0. The van der Waals surface area contributed by atoms with Crippen molar-refractivity contribution < 1.29 is 4.74 Å². The summed E-state index contributed by atoms with van der Waals surface area (Å²) in [5, 5.41) is 3.69. The molecule has 0 aromatic carbocycles. The van der Waals surface area contributed by atoms with Crippen LogP contribution >= 0.6 is 0 Å². The fraction of sp³-hybridized carbons (Fsp3) is 1.00. The molecule has 3 nitrogen and oxygen atoms in total. The summed E-state index contributed by atoms with van der Waals surface area (Å²) in [7, 11) is 2.27. The molecule has 0 bridgehead atoms. The Morgan fingerprint density at radius 3 is 2.45 bits per heavy atom. The lowest BCUT2D eigenvalue weighted by Crippen LogP contribution is -2.53. The summed E-state index contributed by atoms with van der Waals surface area (Å²) >= 11 is 0. The minimum atomic E-state index is 0.336. The quantitative estimate of drug-likeness (QED) is 0.741. The van der Waals surface area contributed by atoms with E-state index in [2.05, 4.69) is 51.9 Å². The molecule has 20 heavy (non-hydrogen) atoms. The van der Waals surface area contributed by atoms with Crippen LogP contribution in [-0.4, -0.2) is 49.8 Å². The highest BCUT2D eigenvalue weighted by Crippen LogP contribution is 2.32. The molecule has 3 unspecified atom stereocenters. The van der Waals surface area contributed by atoms with E-state index in [0.717, 1.165) is 31.5 Å². The number of nitrogens with zero attached hydrogens (tertiary/aromatic N) is 1. The molecule has 0 heterocycles. The van der Waals surface area contributed by atoms with Gasteiger partial charge < -0.3 is 10.1 Å². The first-order valence-electron chi connectivity index (χ1n) is 8.50. The van der Waals surface area contributed by atoms with Gasteiger partial charge in [-0.05, 0) is 58.5 Å². The van der Waals surface area contributed by atoms with Gasteiger partial charge in [0.1, 0.15) is 0 Å². The van der Waals surface area contributed by atoms with E-state index in [9.17, 15) is 0 Å². The standard InChI is InChI=1S/C17H36N2O/c1-7-18-16-9-8-15(13(2)3)12-17(16)19(6)10-11-20-14(4)5/h13-18H,7-12H2,1-6H3. The first kappa shape index (κ1) is 17.9. The number of nitrogens with one attached hydrogen (secondary N) is 1. The van der Waals surface area contributed by atoms with Crippen molar-refractivity contribution in [1.82, 2.24) is 10.2 Å². The monoisotopic (exact) mass is 284 g/mol. The molecule has 1 rings (SSSR count). The van der Waals surface area contributed by atoms with Crippen LogP contribution in [0.2, 0.25) is 0 Å². The zero-order valence-corrected chi connectivity index (χ0v) is 14.5. The lowest BCUT2D eigenvalue weighted by Gasteiger charge is -2.43. The summed E-state index contributed by atoms with van der Waals surface area (Å²) in [5.74, 6) is 1.68. The number of rotatable bonds is 8. The highest BCUT2D eigenvalue weighted by molar-refractivity contribution is 4.91. The number of ether oxygens (including phenoxy) is 1. The van der Waals surface area contributed by atoms with Gasteiger partial charge in [0.2, 0.25) is 0 Å². The third-order valence-electron chi connectivity index (χ3n) is 4.73. The van der Waals surface area contributed by atoms with Crippen molar-refractivity contribution in [2.45, 2.75) is 72.1 Å². The molecule has 1 fully saturated rings. The molecule has 1 aliphatic carbocycles. The van der Waals surface area contributed by atoms with Crippen molar-refractivity contribution in [1.29, 1.82) is 0 Å². The summed E-state index contributed by atoms with van der Waals surface area (Å²) in [6.07, 6.45) is 4.36. The summed E-state index contributed by atoms with van der Waals surface area (Å²) < 4.78 is 5.71. The topological polar surface area (TPSA) is 24.5 Å². The van der Waals surface area contributed by atoms with Crippen LogP contribution in [0.3, 0.4) is 0 Å². The van der Waals surface area contributed by atoms with Crippen molar-refractivity contribution in [3.8, 4) is 0 Å². The van der Waals surface area contributed by atoms with E-state index >= 15 is 0 Å². The molecule has 1 aliphatic rings. The van der Waals surface area contributed by atoms with Crippen molar-refractivity contribution in [2.75, 3.05) is 26.7 Å². The second kappa shape index (κ2) is 9.01. The lowest BCUT2D eigenvalue weighted by atomic mass is 9.76. The van der Waals surface area contributed by atoms with Crippen LogP contribution in [0, 0.1) is 11.8 Å². The Balaban J connectivity index is 2.53. The number of likely N-dealkylation sites (N-methyl/N-ethyl adjacent to an activating group) is 2. The maximum Gasteiger partial charge on any atom is 0.0596 e. The van der Waals surface area contributed by atoms with E-state index in [1.807, 2.05) is 0 Å². The molecule has 0 aliphatic heterocycles. The average molecular weight is 284 g/mol. The minimum absolute atomic E-state index is 0.336. The molecule has 3 atom stereocenters. The SMILES string of the molecule is CCNC1CCC(C(C)C)CC1N(C)CCOC(C)C. The normalized spacial score (nSPS) is 27.8. The fourth-order valence-electron chi connectivity index (χ4n) is 3.37. The van der Waals surface area contributed by atoms with Crippen LogP contribution in [0.4, 0.5) is 0 Å². The van der Waals surface area contributed by atoms with E-state index in [4.69, 9.17) is 4.74 Å². The van der Waals surface area contributed by atoms with Gasteiger partial charge in [-0.1, -0.05) is 20.8 Å². The Hall–Kier alpha value is -0.120.